The lowest BCUT2D eigenvalue weighted by Gasteiger charge is -2.09. The van der Waals surface area contributed by atoms with E-state index in [9.17, 15) is 9.59 Å². The van der Waals surface area contributed by atoms with Gasteiger partial charge < -0.3 is 18.8 Å². The van der Waals surface area contributed by atoms with Crippen LogP contribution in [0.3, 0.4) is 0 Å². The zero-order chi connectivity index (χ0) is 21.7. The summed E-state index contributed by atoms with van der Waals surface area (Å²) in [6.45, 7) is 3.91. The number of hydrogen-bond donors (Lipinski definition) is 0. The van der Waals surface area contributed by atoms with E-state index < -0.39 is 5.97 Å². The second kappa shape index (κ2) is 9.58. The third-order valence-corrected chi connectivity index (χ3v) is 5.57. The van der Waals surface area contributed by atoms with E-state index in [1.54, 1.807) is 37.8 Å². The summed E-state index contributed by atoms with van der Waals surface area (Å²) in [4.78, 5) is 29.6. The quantitative estimate of drug-likeness (QED) is 0.540. The largest absolute Gasteiger partial charge is 0.495 e. The standard InChI is InChI=1S/C22H24N2O5S/c1-5-29-19(26)13-24-20-16(27-3)10-11-17(28-4)21(20)30-22(24)23-18(25)12-15-8-6-14(2)7-9-15/h6-11H,5,12-13H2,1-4H3. The number of nitrogens with zero attached hydrogens (tertiary/aromatic N) is 2. The zero-order valence-corrected chi connectivity index (χ0v) is 18.2. The van der Waals surface area contributed by atoms with Crippen LogP contribution in [0.25, 0.3) is 10.2 Å². The predicted molar refractivity (Wildman–Crippen MR) is 115 cm³/mol. The molecule has 0 atom stereocenters. The molecule has 3 aromatic rings. The summed E-state index contributed by atoms with van der Waals surface area (Å²) >= 11 is 1.27. The first-order valence-electron chi connectivity index (χ1n) is 9.49. The summed E-state index contributed by atoms with van der Waals surface area (Å²) in [6, 6.07) is 11.3. The number of carbonyl (C=O) groups is 2. The van der Waals surface area contributed by atoms with Gasteiger partial charge in [-0.05, 0) is 31.5 Å². The van der Waals surface area contributed by atoms with Crippen LogP contribution >= 0.6 is 11.3 Å². The fourth-order valence-corrected chi connectivity index (χ4v) is 4.20. The van der Waals surface area contributed by atoms with Crippen LogP contribution in [0.15, 0.2) is 41.4 Å². The Morgan fingerprint density at radius 3 is 2.33 bits per heavy atom. The predicted octanol–water partition coefficient (Wildman–Crippen LogP) is 3.26. The Kier molecular flexibility index (Phi) is 6.89. The van der Waals surface area contributed by atoms with Gasteiger partial charge >= 0.3 is 5.97 Å². The molecule has 1 heterocycles. The molecule has 7 nitrogen and oxygen atoms in total. The van der Waals surface area contributed by atoms with Crippen molar-refractivity contribution in [1.82, 2.24) is 4.57 Å². The Bertz CT molecular complexity index is 1130. The Balaban J connectivity index is 2.11. The van der Waals surface area contributed by atoms with Crippen molar-refractivity contribution in [2.45, 2.75) is 26.8 Å². The maximum Gasteiger partial charge on any atom is 0.326 e. The van der Waals surface area contributed by atoms with Crippen LogP contribution in [-0.4, -0.2) is 37.3 Å². The highest BCUT2D eigenvalue weighted by Gasteiger charge is 2.19. The summed E-state index contributed by atoms with van der Waals surface area (Å²) in [5, 5.41) is 0. The Morgan fingerprint density at radius 2 is 1.70 bits per heavy atom. The lowest BCUT2D eigenvalue weighted by Crippen LogP contribution is -2.23. The van der Waals surface area contributed by atoms with Gasteiger partial charge in [0.05, 0.1) is 27.2 Å². The van der Waals surface area contributed by atoms with Crippen LogP contribution in [0.1, 0.15) is 18.1 Å². The van der Waals surface area contributed by atoms with Crippen LogP contribution in [-0.2, 0) is 27.3 Å². The van der Waals surface area contributed by atoms with Gasteiger partial charge in [-0.3, -0.25) is 9.59 Å². The highest BCUT2D eigenvalue weighted by Crippen LogP contribution is 2.35. The molecular formula is C22H24N2O5S. The number of ether oxygens (including phenoxy) is 3. The molecule has 3 rings (SSSR count). The zero-order valence-electron chi connectivity index (χ0n) is 17.4. The molecule has 2 aromatic carbocycles. The monoisotopic (exact) mass is 428 g/mol. The van der Waals surface area contributed by atoms with E-state index in [4.69, 9.17) is 14.2 Å². The first-order chi connectivity index (χ1) is 14.5. The van der Waals surface area contributed by atoms with E-state index in [0.29, 0.717) is 21.8 Å². The minimum absolute atomic E-state index is 0.0893. The number of aryl methyl sites for hydroxylation is 1. The fourth-order valence-electron chi connectivity index (χ4n) is 3.05. The van der Waals surface area contributed by atoms with Gasteiger partial charge in [-0.1, -0.05) is 41.2 Å². The van der Waals surface area contributed by atoms with Gasteiger partial charge in [-0.2, -0.15) is 4.99 Å². The van der Waals surface area contributed by atoms with Gasteiger partial charge in [0, 0.05) is 0 Å². The number of esters is 1. The van der Waals surface area contributed by atoms with Crippen molar-refractivity contribution in [3.63, 3.8) is 0 Å². The molecule has 0 fully saturated rings. The third kappa shape index (κ3) is 4.71. The topological polar surface area (TPSA) is 79.1 Å². The number of methoxy groups -OCH3 is 2. The van der Waals surface area contributed by atoms with Gasteiger partial charge in [0.15, 0.2) is 4.80 Å². The Labute approximate surface area is 178 Å². The molecule has 1 amide bonds. The summed E-state index contributed by atoms with van der Waals surface area (Å²) in [5.41, 5.74) is 2.64. The number of hydrogen-bond acceptors (Lipinski definition) is 6. The smallest absolute Gasteiger partial charge is 0.326 e. The van der Waals surface area contributed by atoms with Gasteiger partial charge in [-0.25, -0.2) is 0 Å². The number of amides is 1. The Hall–Kier alpha value is -3.13. The number of aromatic nitrogens is 1. The highest BCUT2D eigenvalue weighted by molar-refractivity contribution is 7.16. The molecule has 0 aliphatic carbocycles. The second-order valence-corrected chi connectivity index (χ2v) is 7.57. The van der Waals surface area contributed by atoms with E-state index in [1.807, 2.05) is 31.2 Å². The summed E-state index contributed by atoms with van der Waals surface area (Å²) in [6.07, 6.45) is 0.169. The van der Waals surface area contributed by atoms with E-state index in [-0.39, 0.29) is 25.5 Å². The molecule has 0 N–H and O–H groups in total. The molecule has 0 saturated heterocycles. The van der Waals surface area contributed by atoms with Crippen molar-refractivity contribution in [1.29, 1.82) is 0 Å². The molecule has 0 radical (unpaired) electrons. The van der Waals surface area contributed by atoms with Crippen LogP contribution in [0.4, 0.5) is 0 Å². The minimum atomic E-state index is -0.422. The molecule has 0 bridgehead atoms. The van der Waals surface area contributed by atoms with Gasteiger partial charge in [0.2, 0.25) is 0 Å². The SMILES string of the molecule is CCOC(=O)Cn1c(=NC(=O)Cc2ccc(C)cc2)sc2c(OC)ccc(OC)c21. The van der Waals surface area contributed by atoms with Crippen molar-refractivity contribution >= 4 is 33.4 Å². The van der Waals surface area contributed by atoms with Gasteiger partial charge in [0.25, 0.3) is 5.91 Å². The molecule has 0 spiro atoms. The maximum atomic E-state index is 12.7. The molecule has 8 heteroatoms. The molecule has 0 unspecified atom stereocenters. The third-order valence-electron chi connectivity index (χ3n) is 4.48. The summed E-state index contributed by atoms with van der Waals surface area (Å²) in [5.74, 6) is 0.440. The molecule has 0 aliphatic heterocycles. The lowest BCUT2D eigenvalue weighted by atomic mass is 10.1. The molecule has 158 valence electrons. The molecule has 30 heavy (non-hydrogen) atoms. The van der Waals surface area contributed by atoms with Crippen molar-refractivity contribution in [3.05, 3.63) is 52.3 Å². The minimum Gasteiger partial charge on any atom is -0.495 e. The molecule has 1 aromatic heterocycles. The van der Waals surface area contributed by atoms with Crippen LogP contribution in [0, 0.1) is 6.92 Å². The molecule has 0 saturated carbocycles. The van der Waals surface area contributed by atoms with Crippen LogP contribution in [0.2, 0.25) is 0 Å². The average Bonchev–Trinajstić information content (AvgIpc) is 3.07. The molecule has 0 aliphatic rings. The van der Waals surface area contributed by atoms with E-state index in [2.05, 4.69) is 4.99 Å². The number of thiazole rings is 1. The summed E-state index contributed by atoms with van der Waals surface area (Å²) in [7, 11) is 3.11. The first kappa shape index (κ1) is 21.6. The second-order valence-electron chi connectivity index (χ2n) is 6.59. The first-order valence-corrected chi connectivity index (χ1v) is 10.3. The fraction of sp³-hybridized carbons (Fsp3) is 0.318. The molecular weight excluding hydrogens is 404 g/mol. The number of rotatable bonds is 7. The van der Waals surface area contributed by atoms with E-state index in [0.717, 1.165) is 15.8 Å². The van der Waals surface area contributed by atoms with E-state index >= 15 is 0 Å². The average molecular weight is 429 g/mol. The number of fused-ring (bicyclic) bond motifs is 1. The van der Waals surface area contributed by atoms with Crippen molar-refractivity contribution < 1.29 is 23.8 Å². The summed E-state index contributed by atoms with van der Waals surface area (Å²) < 4.78 is 18.4. The van der Waals surface area contributed by atoms with Crippen molar-refractivity contribution in [2.75, 3.05) is 20.8 Å². The number of carbonyl (C=O) groups excluding carboxylic acids is 2. The van der Waals surface area contributed by atoms with Crippen molar-refractivity contribution in [2.24, 2.45) is 4.99 Å². The van der Waals surface area contributed by atoms with E-state index in [1.165, 1.54) is 11.3 Å². The maximum absolute atomic E-state index is 12.7. The normalized spacial score (nSPS) is 11.5. The highest BCUT2D eigenvalue weighted by atomic mass is 32.1. The van der Waals surface area contributed by atoms with Crippen LogP contribution in [0.5, 0.6) is 11.5 Å². The van der Waals surface area contributed by atoms with Crippen molar-refractivity contribution in [3.8, 4) is 11.5 Å². The number of benzene rings is 2. The Morgan fingerprint density at radius 1 is 1.03 bits per heavy atom. The van der Waals surface area contributed by atoms with Gasteiger partial charge in [0.1, 0.15) is 28.3 Å². The lowest BCUT2D eigenvalue weighted by molar-refractivity contribution is -0.143. The van der Waals surface area contributed by atoms with Gasteiger partial charge in [-0.15, -0.1) is 0 Å². The van der Waals surface area contributed by atoms with Crippen LogP contribution < -0.4 is 14.3 Å².